The van der Waals surface area contributed by atoms with Gasteiger partial charge in [-0.15, -0.1) is 0 Å². The van der Waals surface area contributed by atoms with Crippen molar-refractivity contribution in [2.75, 3.05) is 18.4 Å². The first-order valence-electron chi connectivity index (χ1n) is 12.4. The molecule has 0 amide bonds. The molecule has 5 rings (SSSR count). The molecule has 184 valence electrons. The summed E-state index contributed by atoms with van der Waals surface area (Å²) in [4.78, 5) is 11.7. The van der Waals surface area contributed by atoms with Crippen LogP contribution in [0, 0.1) is 20.8 Å². The van der Waals surface area contributed by atoms with Gasteiger partial charge in [0.2, 0.25) is 0 Å². The van der Waals surface area contributed by atoms with Crippen LogP contribution in [0.3, 0.4) is 0 Å². The molecule has 1 aromatic carbocycles. The minimum atomic E-state index is -0.0282. The number of aromatic nitrogens is 3. The number of benzene rings is 1. The monoisotopic (exact) mass is 496 g/mol. The standard InChI is InChI=1S/C29H32N6S/c1-20-11-9-16-32-28(20)35-21(2)19-24(22(35)3)27-26(25-14-7-8-15-31-25)33-29(36)34(27)18-10-17-30-23-12-5-4-6-13-23/h4-9,11-16,19,26-27,30H,10,17-18H2,1-3H3,(H,33,36)/t26-,27+/m1/s1. The van der Waals surface area contributed by atoms with Gasteiger partial charge in [-0.3, -0.25) is 4.98 Å². The van der Waals surface area contributed by atoms with E-state index in [-0.39, 0.29) is 12.1 Å². The SMILES string of the molecule is Cc1cccnc1-n1c(C)cc([C@H]2[C@@H](c3ccccn3)NC(=S)N2CCCNc2ccccc2)c1C. The molecule has 1 aliphatic rings. The number of hydrogen-bond donors (Lipinski definition) is 2. The molecule has 1 saturated heterocycles. The lowest BCUT2D eigenvalue weighted by Crippen LogP contribution is -2.31. The molecule has 2 atom stereocenters. The number of thiocarbonyl (C=S) groups is 1. The third kappa shape index (κ3) is 4.71. The molecule has 3 aromatic heterocycles. The lowest BCUT2D eigenvalue weighted by atomic mass is 9.96. The molecular weight excluding hydrogens is 464 g/mol. The summed E-state index contributed by atoms with van der Waals surface area (Å²) in [6, 6.07) is 22.8. The van der Waals surface area contributed by atoms with Crippen LogP contribution in [-0.4, -0.2) is 37.6 Å². The van der Waals surface area contributed by atoms with Crippen LogP contribution in [0.5, 0.6) is 0 Å². The highest BCUT2D eigenvalue weighted by atomic mass is 32.1. The second-order valence-corrected chi connectivity index (χ2v) is 9.66. The lowest BCUT2D eigenvalue weighted by Gasteiger charge is -2.28. The van der Waals surface area contributed by atoms with E-state index >= 15 is 0 Å². The topological polar surface area (TPSA) is 58.0 Å². The molecule has 4 heterocycles. The number of pyridine rings is 2. The fourth-order valence-corrected chi connectivity index (χ4v) is 5.48. The molecule has 7 heteroatoms. The van der Waals surface area contributed by atoms with Gasteiger partial charge in [0.15, 0.2) is 5.11 Å². The zero-order valence-electron chi connectivity index (χ0n) is 21.0. The van der Waals surface area contributed by atoms with E-state index in [1.807, 2.05) is 36.7 Å². The maximum absolute atomic E-state index is 5.88. The number of nitrogens with zero attached hydrogens (tertiary/aromatic N) is 4. The normalized spacial score (nSPS) is 17.3. The summed E-state index contributed by atoms with van der Waals surface area (Å²) < 4.78 is 2.26. The van der Waals surface area contributed by atoms with Crippen LogP contribution in [0.2, 0.25) is 0 Å². The highest BCUT2D eigenvalue weighted by Crippen LogP contribution is 2.41. The van der Waals surface area contributed by atoms with Gasteiger partial charge in [-0.05, 0) is 86.9 Å². The van der Waals surface area contributed by atoms with Crippen molar-refractivity contribution in [2.45, 2.75) is 39.3 Å². The van der Waals surface area contributed by atoms with Crippen LogP contribution < -0.4 is 10.6 Å². The Kier molecular flexibility index (Phi) is 7.00. The summed E-state index contributed by atoms with van der Waals surface area (Å²) in [5, 5.41) is 7.87. The van der Waals surface area contributed by atoms with E-state index in [0.717, 1.165) is 53.1 Å². The molecule has 0 bridgehead atoms. The van der Waals surface area contributed by atoms with Crippen LogP contribution in [0.25, 0.3) is 5.82 Å². The first kappa shape index (κ1) is 24.0. The second kappa shape index (κ2) is 10.5. The van der Waals surface area contributed by atoms with Gasteiger partial charge < -0.3 is 20.1 Å². The van der Waals surface area contributed by atoms with E-state index in [0.29, 0.717) is 0 Å². The van der Waals surface area contributed by atoms with Gasteiger partial charge in [-0.25, -0.2) is 4.98 Å². The summed E-state index contributed by atoms with van der Waals surface area (Å²) >= 11 is 5.88. The number of nitrogens with one attached hydrogen (secondary N) is 2. The Morgan fingerprint density at radius 2 is 1.72 bits per heavy atom. The highest BCUT2D eigenvalue weighted by Gasteiger charge is 2.41. The van der Waals surface area contributed by atoms with Crippen LogP contribution in [-0.2, 0) is 0 Å². The summed E-state index contributed by atoms with van der Waals surface area (Å²) in [6.07, 6.45) is 4.67. The van der Waals surface area contributed by atoms with E-state index in [4.69, 9.17) is 22.2 Å². The van der Waals surface area contributed by atoms with E-state index in [9.17, 15) is 0 Å². The van der Waals surface area contributed by atoms with Crippen LogP contribution in [0.4, 0.5) is 5.69 Å². The predicted octanol–water partition coefficient (Wildman–Crippen LogP) is 5.67. The van der Waals surface area contributed by atoms with Crippen molar-refractivity contribution in [1.82, 2.24) is 24.8 Å². The van der Waals surface area contributed by atoms with Crippen LogP contribution in [0.1, 0.15) is 46.7 Å². The van der Waals surface area contributed by atoms with Crippen LogP contribution >= 0.6 is 12.2 Å². The number of rotatable bonds is 8. The average Bonchev–Trinajstić information content (AvgIpc) is 3.38. The predicted molar refractivity (Wildman–Crippen MR) is 149 cm³/mol. The third-order valence-corrected chi connectivity index (χ3v) is 7.21. The summed E-state index contributed by atoms with van der Waals surface area (Å²) in [5.41, 5.74) is 6.87. The average molecular weight is 497 g/mol. The number of para-hydroxylation sites is 1. The largest absolute Gasteiger partial charge is 0.385 e. The van der Waals surface area contributed by atoms with Gasteiger partial charge in [0.05, 0.1) is 17.8 Å². The number of hydrogen-bond acceptors (Lipinski definition) is 4. The quantitative estimate of drug-likeness (QED) is 0.242. The molecule has 0 saturated carbocycles. The summed E-state index contributed by atoms with van der Waals surface area (Å²) in [7, 11) is 0. The Morgan fingerprint density at radius 3 is 2.47 bits per heavy atom. The fourth-order valence-electron chi connectivity index (χ4n) is 5.15. The maximum atomic E-state index is 5.88. The molecule has 4 aromatic rings. The Hall–Kier alpha value is -3.71. The molecular formula is C29H32N6S. The van der Waals surface area contributed by atoms with Crippen LogP contribution in [0.15, 0.2) is 79.1 Å². The maximum Gasteiger partial charge on any atom is 0.170 e. The van der Waals surface area contributed by atoms with Gasteiger partial charge in [0, 0.05) is 42.6 Å². The molecule has 1 aliphatic heterocycles. The molecule has 1 fully saturated rings. The van der Waals surface area contributed by atoms with Gasteiger partial charge in [0.25, 0.3) is 0 Å². The van der Waals surface area contributed by atoms with Gasteiger partial charge in [0.1, 0.15) is 5.82 Å². The molecule has 2 N–H and O–H groups in total. The van der Waals surface area contributed by atoms with E-state index < -0.39 is 0 Å². The third-order valence-electron chi connectivity index (χ3n) is 6.86. The van der Waals surface area contributed by atoms with E-state index in [1.165, 1.54) is 11.3 Å². The smallest absolute Gasteiger partial charge is 0.170 e. The molecule has 0 radical (unpaired) electrons. The minimum Gasteiger partial charge on any atom is -0.385 e. The summed E-state index contributed by atoms with van der Waals surface area (Å²) in [5.74, 6) is 0.972. The first-order valence-corrected chi connectivity index (χ1v) is 12.8. The zero-order valence-corrected chi connectivity index (χ0v) is 21.8. The van der Waals surface area contributed by atoms with Crippen molar-refractivity contribution in [3.63, 3.8) is 0 Å². The summed E-state index contributed by atoms with van der Waals surface area (Å²) in [6.45, 7) is 8.15. The van der Waals surface area contributed by atoms with Crippen molar-refractivity contribution in [2.24, 2.45) is 0 Å². The van der Waals surface area contributed by atoms with Crippen molar-refractivity contribution in [3.8, 4) is 5.82 Å². The van der Waals surface area contributed by atoms with Crippen molar-refractivity contribution < 1.29 is 0 Å². The van der Waals surface area contributed by atoms with E-state index in [1.54, 1.807) is 0 Å². The Bertz CT molecular complexity index is 1330. The van der Waals surface area contributed by atoms with Gasteiger partial charge in [-0.2, -0.15) is 0 Å². The Morgan fingerprint density at radius 1 is 0.944 bits per heavy atom. The van der Waals surface area contributed by atoms with Gasteiger partial charge in [-0.1, -0.05) is 30.3 Å². The second-order valence-electron chi connectivity index (χ2n) is 9.27. The molecule has 0 aliphatic carbocycles. The number of aryl methyl sites for hydroxylation is 2. The Balaban J connectivity index is 1.46. The Labute approximate surface area is 218 Å². The highest BCUT2D eigenvalue weighted by molar-refractivity contribution is 7.80. The van der Waals surface area contributed by atoms with Crippen molar-refractivity contribution in [3.05, 3.63) is 107 Å². The molecule has 0 spiro atoms. The van der Waals surface area contributed by atoms with Gasteiger partial charge >= 0.3 is 0 Å². The van der Waals surface area contributed by atoms with Crippen molar-refractivity contribution >= 4 is 23.0 Å². The molecule has 0 unspecified atom stereocenters. The zero-order chi connectivity index (χ0) is 25.1. The van der Waals surface area contributed by atoms with E-state index in [2.05, 4.69) is 83.3 Å². The molecule has 6 nitrogen and oxygen atoms in total. The van der Waals surface area contributed by atoms with Crippen molar-refractivity contribution in [1.29, 1.82) is 0 Å². The lowest BCUT2D eigenvalue weighted by molar-refractivity contribution is 0.315. The fraction of sp³-hybridized carbons (Fsp3) is 0.276. The minimum absolute atomic E-state index is 0.0282. The number of anilines is 1. The first-order chi connectivity index (χ1) is 17.5. The molecule has 36 heavy (non-hydrogen) atoms.